The van der Waals surface area contributed by atoms with E-state index in [1.54, 1.807) is 28.4 Å². The number of aryl methyl sites for hydroxylation is 1. The summed E-state index contributed by atoms with van der Waals surface area (Å²) in [7, 11) is 0. The molecule has 11 nitrogen and oxygen atoms in total. The van der Waals surface area contributed by atoms with E-state index in [-0.39, 0.29) is 31.6 Å². The quantitative estimate of drug-likeness (QED) is 0.154. The molecule has 0 radical (unpaired) electrons. The first-order valence-electron chi connectivity index (χ1n) is 17.0. The van der Waals surface area contributed by atoms with E-state index in [9.17, 15) is 19.2 Å². The van der Waals surface area contributed by atoms with Gasteiger partial charge in [0.1, 0.15) is 31.0 Å². The first kappa shape index (κ1) is 37.2. The van der Waals surface area contributed by atoms with Crippen LogP contribution in [0.15, 0.2) is 78.3 Å². The molecule has 1 unspecified atom stereocenters. The molecule has 4 aromatic rings. The highest BCUT2D eigenvalue weighted by Gasteiger charge is 2.41. The van der Waals surface area contributed by atoms with Crippen molar-refractivity contribution in [3.8, 4) is 27.3 Å². The van der Waals surface area contributed by atoms with Crippen LogP contribution in [0.2, 0.25) is 0 Å². The number of aromatic nitrogens is 1. The zero-order valence-corrected chi connectivity index (χ0v) is 30.3. The highest BCUT2D eigenvalue weighted by atomic mass is 32.1. The summed E-state index contributed by atoms with van der Waals surface area (Å²) in [5.74, 6) is -0.746. The van der Waals surface area contributed by atoms with Gasteiger partial charge in [-0.05, 0) is 71.7 Å². The first-order valence-corrected chi connectivity index (χ1v) is 17.9. The number of ether oxygens (including phenoxy) is 2. The van der Waals surface area contributed by atoms with Crippen LogP contribution in [-0.4, -0.2) is 72.0 Å². The third kappa shape index (κ3) is 9.80. The molecule has 1 saturated heterocycles. The number of likely N-dealkylation sites (tertiary alicyclic amines) is 1. The summed E-state index contributed by atoms with van der Waals surface area (Å²) < 4.78 is 11.3. The van der Waals surface area contributed by atoms with Gasteiger partial charge in [0.25, 0.3) is 0 Å². The maximum absolute atomic E-state index is 13.8. The van der Waals surface area contributed by atoms with Crippen LogP contribution in [0.5, 0.6) is 5.75 Å². The molecule has 3 aromatic carbocycles. The molecule has 51 heavy (non-hydrogen) atoms. The summed E-state index contributed by atoms with van der Waals surface area (Å²) in [4.78, 5) is 58.4. The Hall–Kier alpha value is -5.07. The van der Waals surface area contributed by atoms with Crippen molar-refractivity contribution < 1.29 is 28.7 Å². The molecular formula is C39H45N5O6S. The van der Waals surface area contributed by atoms with Crippen molar-refractivity contribution >= 4 is 35.0 Å². The number of carbonyl (C=O) groups excluding carboxylic acids is 4. The maximum atomic E-state index is 13.8. The van der Waals surface area contributed by atoms with Crippen molar-refractivity contribution in [3.05, 3.63) is 95.1 Å². The van der Waals surface area contributed by atoms with E-state index in [2.05, 4.69) is 15.6 Å². The van der Waals surface area contributed by atoms with Gasteiger partial charge >= 0.3 is 0 Å². The molecule has 4 amide bonds. The molecular weight excluding hydrogens is 667 g/mol. The number of carbonyl (C=O) groups is 4. The smallest absolute Gasteiger partial charge is 0.248 e. The minimum absolute atomic E-state index is 0.167. The highest BCUT2D eigenvalue weighted by molar-refractivity contribution is 7.13. The molecule has 0 aliphatic carbocycles. The number of primary amides is 1. The standard InChI is InChI=1S/C39H45N5O6S/c1-25-34(51-24-42-25)29-9-7-26(8-10-29)22-41-37(47)32-6-5-19-44(32)38(48)35(39(2,3)4)43-33(45)23-49-20-21-50-31-17-15-28(16-18-31)27-11-13-30(14-12-27)36(40)46/h7-18,24,32,35H,5-6,19-23H2,1-4H3,(H2,40,46)(H,41,47)(H,43,45)/t32-,35?/m0/s1. The summed E-state index contributed by atoms with van der Waals surface area (Å²) >= 11 is 1.59. The molecule has 0 saturated carbocycles. The molecule has 1 fully saturated rings. The molecule has 0 bridgehead atoms. The van der Waals surface area contributed by atoms with Gasteiger partial charge in [-0.2, -0.15) is 0 Å². The zero-order chi connectivity index (χ0) is 36.5. The van der Waals surface area contributed by atoms with Gasteiger partial charge < -0.3 is 30.7 Å². The number of hydrogen-bond donors (Lipinski definition) is 3. The van der Waals surface area contributed by atoms with Gasteiger partial charge in [-0.3, -0.25) is 19.2 Å². The summed E-state index contributed by atoms with van der Waals surface area (Å²) in [6.45, 7) is 8.57. The fourth-order valence-electron chi connectivity index (χ4n) is 5.93. The number of benzene rings is 3. The van der Waals surface area contributed by atoms with Crippen LogP contribution in [0.4, 0.5) is 0 Å². The van der Waals surface area contributed by atoms with Gasteiger partial charge in [0.05, 0.1) is 22.7 Å². The second-order valence-electron chi connectivity index (χ2n) is 13.6. The van der Waals surface area contributed by atoms with Crippen molar-refractivity contribution in [1.82, 2.24) is 20.5 Å². The predicted octanol–water partition coefficient (Wildman–Crippen LogP) is 5.12. The SMILES string of the molecule is Cc1ncsc1-c1ccc(CNC(=O)[C@@H]2CCCN2C(=O)C(NC(=O)COCCOc2ccc(-c3ccc(C(N)=O)cc3)cc2)C(C)(C)C)cc1. The van der Waals surface area contributed by atoms with Gasteiger partial charge in [0.15, 0.2) is 0 Å². The van der Waals surface area contributed by atoms with Crippen LogP contribution in [0.25, 0.3) is 21.6 Å². The van der Waals surface area contributed by atoms with Crippen molar-refractivity contribution in [3.63, 3.8) is 0 Å². The Morgan fingerprint density at radius 3 is 2.20 bits per heavy atom. The summed E-state index contributed by atoms with van der Waals surface area (Å²) in [6.07, 6.45) is 1.26. The summed E-state index contributed by atoms with van der Waals surface area (Å²) in [6, 6.07) is 21.1. The Labute approximate surface area is 302 Å². The summed E-state index contributed by atoms with van der Waals surface area (Å²) in [5.41, 5.74) is 11.9. The minimum atomic E-state index is -0.841. The fourth-order valence-corrected chi connectivity index (χ4v) is 6.75. The molecule has 268 valence electrons. The van der Waals surface area contributed by atoms with E-state index in [0.29, 0.717) is 37.2 Å². The van der Waals surface area contributed by atoms with Gasteiger partial charge in [-0.1, -0.05) is 69.3 Å². The second kappa shape index (κ2) is 16.8. The van der Waals surface area contributed by atoms with Crippen LogP contribution < -0.4 is 21.1 Å². The van der Waals surface area contributed by atoms with Crippen LogP contribution in [-0.2, 0) is 25.7 Å². The van der Waals surface area contributed by atoms with Gasteiger partial charge in [0, 0.05) is 18.7 Å². The molecule has 0 spiro atoms. The van der Waals surface area contributed by atoms with Crippen LogP contribution in [0, 0.1) is 12.3 Å². The number of thiazole rings is 1. The topological polar surface area (TPSA) is 153 Å². The van der Waals surface area contributed by atoms with Crippen molar-refractivity contribution in [2.75, 3.05) is 26.4 Å². The Balaban J connectivity index is 1.06. The van der Waals surface area contributed by atoms with Crippen LogP contribution >= 0.6 is 11.3 Å². The van der Waals surface area contributed by atoms with Gasteiger partial charge in [-0.25, -0.2) is 4.98 Å². The molecule has 1 aromatic heterocycles. The van der Waals surface area contributed by atoms with Crippen LogP contribution in [0.1, 0.15) is 55.2 Å². The number of rotatable bonds is 14. The van der Waals surface area contributed by atoms with Crippen molar-refractivity contribution in [2.24, 2.45) is 11.1 Å². The number of amides is 4. The minimum Gasteiger partial charge on any atom is -0.491 e. The normalized spacial score (nSPS) is 14.9. The number of nitrogens with two attached hydrogens (primary N) is 1. The van der Waals surface area contributed by atoms with Crippen molar-refractivity contribution in [2.45, 2.75) is 59.2 Å². The lowest BCUT2D eigenvalue weighted by molar-refractivity contribution is -0.144. The number of nitrogens with zero attached hydrogens (tertiary/aromatic N) is 2. The van der Waals surface area contributed by atoms with E-state index >= 15 is 0 Å². The largest absolute Gasteiger partial charge is 0.491 e. The third-order valence-electron chi connectivity index (χ3n) is 8.77. The Morgan fingerprint density at radius 2 is 1.59 bits per heavy atom. The second-order valence-corrected chi connectivity index (χ2v) is 14.5. The molecule has 2 heterocycles. The van der Waals surface area contributed by atoms with E-state index in [1.807, 2.05) is 93.9 Å². The molecule has 2 atom stereocenters. The fraction of sp³-hybridized carbons (Fsp3) is 0.359. The molecule has 5 rings (SSSR count). The van der Waals surface area contributed by atoms with E-state index in [1.165, 1.54) is 0 Å². The Morgan fingerprint density at radius 1 is 0.941 bits per heavy atom. The monoisotopic (exact) mass is 711 g/mol. The average Bonchev–Trinajstić information content (AvgIpc) is 3.79. The number of nitrogens with one attached hydrogen (secondary N) is 2. The van der Waals surface area contributed by atoms with Crippen molar-refractivity contribution in [1.29, 1.82) is 0 Å². The lowest BCUT2D eigenvalue weighted by Gasteiger charge is -2.35. The number of hydrogen-bond acceptors (Lipinski definition) is 8. The third-order valence-corrected chi connectivity index (χ3v) is 9.75. The zero-order valence-electron chi connectivity index (χ0n) is 29.4. The summed E-state index contributed by atoms with van der Waals surface area (Å²) in [5, 5.41) is 5.86. The maximum Gasteiger partial charge on any atom is 0.248 e. The molecule has 12 heteroatoms. The van der Waals surface area contributed by atoms with E-state index in [4.69, 9.17) is 15.2 Å². The van der Waals surface area contributed by atoms with Gasteiger partial charge in [0.2, 0.25) is 23.6 Å². The molecule has 4 N–H and O–H groups in total. The highest BCUT2D eigenvalue weighted by Crippen LogP contribution is 2.28. The lowest BCUT2D eigenvalue weighted by atomic mass is 9.85. The van der Waals surface area contributed by atoms with E-state index in [0.717, 1.165) is 32.8 Å². The molecule has 1 aliphatic heterocycles. The molecule has 1 aliphatic rings. The first-order chi connectivity index (χ1) is 24.4. The Kier molecular flexibility index (Phi) is 12.2. The van der Waals surface area contributed by atoms with E-state index < -0.39 is 29.3 Å². The van der Waals surface area contributed by atoms with Crippen LogP contribution in [0.3, 0.4) is 0 Å². The van der Waals surface area contributed by atoms with Gasteiger partial charge in [-0.15, -0.1) is 11.3 Å². The Bertz CT molecular complexity index is 1820. The lowest BCUT2D eigenvalue weighted by Crippen LogP contribution is -2.58. The average molecular weight is 712 g/mol. The predicted molar refractivity (Wildman–Crippen MR) is 197 cm³/mol.